The number of methoxy groups -OCH3 is 1. The van der Waals surface area contributed by atoms with Crippen molar-refractivity contribution in [3.05, 3.63) is 52.8 Å². The van der Waals surface area contributed by atoms with E-state index in [-0.39, 0.29) is 11.9 Å². The number of hydrogen-bond donors (Lipinski definition) is 2. The third kappa shape index (κ3) is 4.35. The summed E-state index contributed by atoms with van der Waals surface area (Å²) in [6, 6.07) is 12.5. The Morgan fingerprint density at radius 2 is 2.07 bits per heavy atom. The fourth-order valence-electron chi connectivity index (χ4n) is 2.47. The van der Waals surface area contributed by atoms with E-state index >= 15 is 0 Å². The molecule has 0 aliphatic rings. The number of phenols is 1. The summed E-state index contributed by atoms with van der Waals surface area (Å²) >= 11 is 5.30. The maximum Gasteiger partial charge on any atom is 0.216 e. The van der Waals surface area contributed by atoms with Gasteiger partial charge in [0.05, 0.1) is 19.4 Å². The number of H-pyrrole nitrogens is 1. The molecule has 7 nitrogen and oxygen atoms in total. The van der Waals surface area contributed by atoms with Crippen molar-refractivity contribution in [3.63, 3.8) is 0 Å². The van der Waals surface area contributed by atoms with E-state index in [1.165, 1.54) is 11.8 Å². The van der Waals surface area contributed by atoms with Crippen molar-refractivity contribution < 1.29 is 14.6 Å². The van der Waals surface area contributed by atoms with E-state index in [1.807, 2.05) is 38.1 Å². The number of benzene rings is 2. The molecule has 0 fully saturated rings. The molecule has 0 saturated carbocycles. The first-order chi connectivity index (χ1) is 13.0. The SMILES string of the molecule is COc1cc(/C=N/n2c(-c3cccc(OC(C)C)c3)n[nH]c2=S)ccc1O. The van der Waals surface area contributed by atoms with Crippen LogP contribution in [0.25, 0.3) is 11.4 Å². The number of nitrogens with one attached hydrogen (secondary N) is 1. The lowest BCUT2D eigenvalue weighted by atomic mass is 10.2. The number of aromatic hydroxyl groups is 1. The van der Waals surface area contributed by atoms with Gasteiger partial charge in [0.2, 0.25) is 4.77 Å². The second kappa shape index (κ2) is 8.05. The second-order valence-corrected chi connectivity index (χ2v) is 6.42. The van der Waals surface area contributed by atoms with Gasteiger partial charge in [-0.15, -0.1) is 0 Å². The first-order valence-electron chi connectivity index (χ1n) is 8.34. The quantitative estimate of drug-likeness (QED) is 0.496. The van der Waals surface area contributed by atoms with E-state index in [1.54, 1.807) is 24.4 Å². The molecule has 3 aromatic rings. The minimum atomic E-state index is 0.0669. The molecule has 0 saturated heterocycles. The molecule has 2 N–H and O–H groups in total. The monoisotopic (exact) mass is 384 g/mol. The molecule has 0 atom stereocenters. The lowest BCUT2D eigenvalue weighted by Crippen LogP contribution is -2.05. The highest BCUT2D eigenvalue weighted by Crippen LogP contribution is 2.26. The second-order valence-electron chi connectivity index (χ2n) is 6.03. The summed E-state index contributed by atoms with van der Waals surface area (Å²) in [4.78, 5) is 0. The molecule has 0 unspecified atom stereocenters. The van der Waals surface area contributed by atoms with Crippen molar-refractivity contribution >= 4 is 18.4 Å². The van der Waals surface area contributed by atoms with E-state index in [4.69, 9.17) is 21.7 Å². The van der Waals surface area contributed by atoms with Crippen LogP contribution in [0.1, 0.15) is 19.4 Å². The molecule has 0 aliphatic heterocycles. The summed E-state index contributed by atoms with van der Waals surface area (Å²) in [5.41, 5.74) is 1.57. The average Bonchev–Trinajstić information content (AvgIpc) is 3.01. The fraction of sp³-hybridized carbons (Fsp3) is 0.211. The number of nitrogens with zero attached hydrogens (tertiary/aromatic N) is 3. The zero-order chi connectivity index (χ0) is 19.4. The molecule has 1 aromatic heterocycles. The molecule has 140 valence electrons. The molecule has 0 spiro atoms. The fourth-order valence-corrected chi connectivity index (χ4v) is 2.64. The zero-order valence-electron chi connectivity index (χ0n) is 15.2. The van der Waals surface area contributed by atoms with Crippen LogP contribution in [0.2, 0.25) is 0 Å². The van der Waals surface area contributed by atoms with E-state index < -0.39 is 0 Å². The van der Waals surface area contributed by atoms with Crippen molar-refractivity contribution in [1.82, 2.24) is 14.9 Å². The molecular formula is C19H20N4O3S. The number of ether oxygens (including phenoxy) is 2. The highest BCUT2D eigenvalue weighted by Gasteiger charge is 2.10. The predicted molar refractivity (Wildman–Crippen MR) is 106 cm³/mol. The smallest absolute Gasteiger partial charge is 0.216 e. The third-order valence-electron chi connectivity index (χ3n) is 3.64. The topological polar surface area (TPSA) is 84.7 Å². The largest absolute Gasteiger partial charge is 0.504 e. The Morgan fingerprint density at radius 1 is 1.26 bits per heavy atom. The minimum absolute atomic E-state index is 0.0669. The number of aromatic nitrogens is 3. The van der Waals surface area contributed by atoms with Gasteiger partial charge in [-0.25, -0.2) is 5.10 Å². The molecule has 0 amide bonds. The van der Waals surface area contributed by atoms with Crippen molar-refractivity contribution in [2.24, 2.45) is 5.10 Å². The van der Waals surface area contributed by atoms with Gasteiger partial charge in [-0.05, 0) is 62.0 Å². The maximum absolute atomic E-state index is 9.69. The predicted octanol–water partition coefficient (Wildman–Crippen LogP) is 3.99. The van der Waals surface area contributed by atoms with Gasteiger partial charge in [0.25, 0.3) is 0 Å². The zero-order valence-corrected chi connectivity index (χ0v) is 16.0. The lowest BCUT2D eigenvalue weighted by molar-refractivity contribution is 0.242. The van der Waals surface area contributed by atoms with E-state index in [9.17, 15) is 5.11 Å². The van der Waals surface area contributed by atoms with Crippen LogP contribution in [0, 0.1) is 4.77 Å². The van der Waals surface area contributed by atoms with Crippen LogP contribution in [0.15, 0.2) is 47.6 Å². The van der Waals surface area contributed by atoms with Gasteiger partial charge >= 0.3 is 0 Å². The summed E-state index contributed by atoms with van der Waals surface area (Å²) in [5, 5.41) is 21.2. The number of hydrogen-bond acceptors (Lipinski definition) is 6. The summed E-state index contributed by atoms with van der Waals surface area (Å²) in [5.74, 6) is 1.75. The first-order valence-corrected chi connectivity index (χ1v) is 8.74. The van der Waals surface area contributed by atoms with Crippen molar-refractivity contribution in [2.75, 3.05) is 7.11 Å². The van der Waals surface area contributed by atoms with Gasteiger partial charge in [-0.2, -0.15) is 14.9 Å². The summed E-state index contributed by atoms with van der Waals surface area (Å²) in [6.07, 6.45) is 1.69. The van der Waals surface area contributed by atoms with Crippen molar-refractivity contribution in [1.29, 1.82) is 0 Å². The van der Waals surface area contributed by atoms with Gasteiger partial charge in [0, 0.05) is 5.56 Å². The standard InChI is InChI=1S/C19H20N4O3S/c1-12(2)26-15-6-4-5-14(10-15)18-21-22-19(27)23(18)20-11-13-7-8-16(24)17(9-13)25-3/h4-12,24H,1-3H3,(H,22,27)/b20-11+. The third-order valence-corrected chi connectivity index (χ3v) is 3.90. The van der Waals surface area contributed by atoms with Crippen LogP contribution in [0.4, 0.5) is 0 Å². The average molecular weight is 384 g/mol. The van der Waals surface area contributed by atoms with Crippen LogP contribution < -0.4 is 9.47 Å². The Bertz CT molecular complexity index is 1020. The number of aromatic amines is 1. The van der Waals surface area contributed by atoms with E-state index in [0.717, 1.165) is 16.9 Å². The molecule has 27 heavy (non-hydrogen) atoms. The maximum atomic E-state index is 9.69. The molecule has 1 heterocycles. The Morgan fingerprint density at radius 3 is 2.81 bits per heavy atom. The van der Waals surface area contributed by atoms with Crippen LogP contribution in [-0.2, 0) is 0 Å². The normalized spacial score (nSPS) is 11.3. The molecule has 0 radical (unpaired) electrons. The van der Waals surface area contributed by atoms with Crippen LogP contribution >= 0.6 is 12.2 Å². The van der Waals surface area contributed by atoms with E-state index in [2.05, 4.69) is 15.3 Å². The Labute approximate surface area is 161 Å². The Balaban J connectivity index is 1.95. The number of rotatable bonds is 6. The number of phenolic OH excluding ortho intramolecular Hbond substituents is 1. The van der Waals surface area contributed by atoms with Crippen LogP contribution in [-0.4, -0.2) is 39.4 Å². The van der Waals surface area contributed by atoms with Gasteiger partial charge < -0.3 is 14.6 Å². The Hall–Kier alpha value is -3.13. The van der Waals surface area contributed by atoms with Gasteiger partial charge in [-0.3, -0.25) is 0 Å². The summed E-state index contributed by atoms with van der Waals surface area (Å²) in [7, 11) is 1.49. The molecule has 0 bridgehead atoms. The minimum Gasteiger partial charge on any atom is -0.504 e. The van der Waals surface area contributed by atoms with Gasteiger partial charge in [-0.1, -0.05) is 12.1 Å². The first kappa shape index (κ1) is 18.7. The molecule has 2 aromatic carbocycles. The summed E-state index contributed by atoms with van der Waals surface area (Å²) < 4.78 is 12.7. The molecule has 3 rings (SSSR count). The highest BCUT2D eigenvalue weighted by molar-refractivity contribution is 7.71. The van der Waals surface area contributed by atoms with Gasteiger partial charge in [0.1, 0.15) is 5.75 Å². The van der Waals surface area contributed by atoms with Crippen molar-refractivity contribution in [3.8, 4) is 28.6 Å². The molecular weight excluding hydrogens is 364 g/mol. The van der Waals surface area contributed by atoms with Crippen molar-refractivity contribution in [2.45, 2.75) is 20.0 Å². The summed E-state index contributed by atoms with van der Waals surface area (Å²) in [6.45, 7) is 3.94. The highest BCUT2D eigenvalue weighted by atomic mass is 32.1. The molecule has 8 heteroatoms. The van der Waals surface area contributed by atoms with Gasteiger partial charge in [0.15, 0.2) is 17.3 Å². The van der Waals surface area contributed by atoms with E-state index in [0.29, 0.717) is 16.3 Å². The molecule has 0 aliphatic carbocycles. The van der Waals surface area contributed by atoms with Crippen LogP contribution in [0.3, 0.4) is 0 Å². The van der Waals surface area contributed by atoms with Crippen LogP contribution in [0.5, 0.6) is 17.2 Å². The Kier molecular flexibility index (Phi) is 5.56. The lowest BCUT2D eigenvalue weighted by Gasteiger charge is -2.10.